The monoisotopic (exact) mass is 214 g/mol. The summed E-state index contributed by atoms with van der Waals surface area (Å²) in [4.78, 5) is 2.42. The van der Waals surface area contributed by atoms with Gasteiger partial charge in [0.1, 0.15) is 0 Å². The van der Waals surface area contributed by atoms with Crippen molar-refractivity contribution in [3.63, 3.8) is 0 Å². The van der Waals surface area contributed by atoms with Gasteiger partial charge in [-0.25, -0.2) is 0 Å². The maximum atomic E-state index is 5.79. The molecule has 2 N–H and O–H groups in total. The Bertz CT molecular complexity index is 158. The molecule has 2 unspecified atom stereocenters. The van der Waals surface area contributed by atoms with Crippen molar-refractivity contribution in [2.45, 2.75) is 38.6 Å². The molecule has 1 saturated heterocycles. The van der Waals surface area contributed by atoms with Crippen molar-refractivity contribution in [2.75, 3.05) is 33.4 Å². The number of nitrogens with two attached hydrogens (primary N) is 1. The maximum absolute atomic E-state index is 5.79. The van der Waals surface area contributed by atoms with E-state index in [0.717, 1.165) is 32.2 Å². The van der Waals surface area contributed by atoms with Gasteiger partial charge in [0.25, 0.3) is 0 Å². The fourth-order valence-electron chi connectivity index (χ4n) is 2.36. The van der Waals surface area contributed by atoms with Crippen LogP contribution < -0.4 is 5.73 Å². The van der Waals surface area contributed by atoms with Crippen molar-refractivity contribution in [2.24, 2.45) is 11.7 Å². The fourth-order valence-corrected chi connectivity index (χ4v) is 2.36. The lowest BCUT2D eigenvalue weighted by Crippen LogP contribution is -2.41. The van der Waals surface area contributed by atoms with Gasteiger partial charge < -0.3 is 15.4 Å². The van der Waals surface area contributed by atoms with Crippen LogP contribution in [0.4, 0.5) is 0 Å². The van der Waals surface area contributed by atoms with E-state index in [1.807, 2.05) is 0 Å². The molecule has 0 aromatic rings. The molecule has 2 atom stereocenters. The van der Waals surface area contributed by atoms with Crippen LogP contribution in [0.3, 0.4) is 0 Å². The van der Waals surface area contributed by atoms with Gasteiger partial charge in [0.15, 0.2) is 0 Å². The number of nitrogens with zero attached hydrogens (tertiary/aromatic N) is 1. The molecule has 1 rings (SSSR count). The van der Waals surface area contributed by atoms with E-state index in [9.17, 15) is 0 Å². The molecule has 3 heteroatoms. The van der Waals surface area contributed by atoms with Gasteiger partial charge in [0, 0.05) is 25.7 Å². The standard InChI is InChI=1S/C12H26N2O/c1-3-5-12(8-13)14(2)9-11-6-4-7-15-10-11/h11-12H,3-10,13H2,1-2H3. The van der Waals surface area contributed by atoms with E-state index in [0.29, 0.717) is 6.04 Å². The molecule has 0 spiro atoms. The number of rotatable bonds is 6. The molecule has 1 fully saturated rings. The van der Waals surface area contributed by atoms with Gasteiger partial charge in [-0.1, -0.05) is 13.3 Å². The molecular formula is C12H26N2O. The molecule has 1 heterocycles. The van der Waals surface area contributed by atoms with E-state index >= 15 is 0 Å². The number of hydrogen-bond donors (Lipinski definition) is 1. The summed E-state index contributed by atoms with van der Waals surface area (Å²) in [5.41, 5.74) is 5.79. The van der Waals surface area contributed by atoms with Crippen LogP contribution in [0.15, 0.2) is 0 Å². The third-order valence-corrected chi connectivity index (χ3v) is 3.32. The second kappa shape index (κ2) is 7.20. The van der Waals surface area contributed by atoms with E-state index in [4.69, 9.17) is 10.5 Å². The lowest BCUT2D eigenvalue weighted by Gasteiger charge is -2.32. The Hall–Kier alpha value is -0.120. The zero-order valence-corrected chi connectivity index (χ0v) is 10.2. The van der Waals surface area contributed by atoms with Crippen LogP contribution in [0.25, 0.3) is 0 Å². The summed E-state index contributed by atoms with van der Waals surface area (Å²) < 4.78 is 5.50. The van der Waals surface area contributed by atoms with Gasteiger partial charge in [-0.3, -0.25) is 0 Å². The Balaban J connectivity index is 2.27. The predicted octanol–water partition coefficient (Wildman–Crippen LogP) is 1.47. The zero-order valence-electron chi connectivity index (χ0n) is 10.2. The lowest BCUT2D eigenvalue weighted by atomic mass is 10.0. The molecule has 1 aliphatic heterocycles. The minimum atomic E-state index is 0.553. The summed E-state index contributed by atoms with van der Waals surface area (Å²) in [7, 11) is 2.20. The molecule has 0 bridgehead atoms. The highest BCUT2D eigenvalue weighted by Crippen LogP contribution is 2.16. The quantitative estimate of drug-likeness (QED) is 0.728. The van der Waals surface area contributed by atoms with E-state index in [1.54, 1.807) is 0 Å². The summed E-state index contributed by atoms with van der Waals surface area (Å²) in [6, 6.07) is 0.553. The van der Waals surface area contributed by atoms with Crippen molar-refractivity contribution < 1.29 is 4.74 Å². The third kappa shape index (κ3) is 4.49. The summed E-state index contributed by atoms with van der Waals surface area (Å²) in [5.74, 6) is 0.717. The molecule has 0 amide bonds. The predicted molar refractivity (Wildman–Crippen MR) is 63.9 cm³/mol. The maximum Gasteiger partial charge on any atom is 0.0506 e. The van der Waals surface area contributed by atoms with E-state index in [2.05, 4.69) is 18.9 Å². The van der Waals surface area contributed by atoms with E-state index in [1.165, 1.54) is 25.7 Å². The second-order valence-electron chi connectivity index (χ2n) is 4.70. The molecule has 0 saturated carbocycles. The number of ether oxygens (including phenoxy) is 1. The molecule has 3 nitrogen and oxygen atoms in total. The Labute approximate surface area is 94.0 Å². The highest BCUT2D eigenvalue weighted by molar-refractivity contribution is 4.73. The van der Waals surface area contributed by atoms with Gasteiger partial charge in [0.2, 0.25) is 0 Å². The summed E-state index contributed by atoms with van der Waals surface area (Å²) in [6.45, 7) is 6.03. The second-order valence-corrected chi connectivity index (χ2v) is 4.70. The largest absolute Gasteiger partial charge is 0.381 e. The summed E-state index contributed by atoms with van der Waals surface area (Å²) >= 11 is 0. The van der Waals surface area contributed by atoms with Gasteiger partial charge in [-0.15, -0.1) is 0 Å². The molecule has 0 aromatic heterocycles. The summed E-state index contributed by atoms with van der Waals surface area (Å²) in [6.07, 6.45) is 4.96. The topological polar surface area (TPSA) is 38.5 Å². The van der Waals surface area contributed by atoms with E-state index in [-0.39, 0.29) is 0 Å². The fraction of sp³-hybridized carbons (Fsp3) is 1.00. The normalized spacial score (nSPS) is 24.4. The van der Waals surface area contributed by atoms with Crippen LogP contribution in [0.5, 0.6) is 0 Å². The Morgan fingerprint density at radius 2 is 2.33 bits per heavy atom. The smallest absolute Gasteiger partial charge is 0.0506 e. The highest BCUT2D eigenvalue weighted by atomic mass is 16.5. The molecule has 0 radical (unpaired) electrons. The average Bonchev–Trinajstić information content (AvgIpc) is 2.27. The van der Waals surface area contributed by atoms with Crippen molar-refractivity contribution in [3.8, 4) is 0 Å². The lowest BCUT2D eigenvalue weighted by molar-refractivity contribution is 0.0360. The minimum absolute atomic E-state index is 0.553. The van der Waals surface area contributed by atoms with Crippen molar-refractivity contribution in [1.82, 2.24) is 4.90 Å². The van der Waals surface area contributed by atoms with Crippen LogP contribution in [0.1, 0.15) is 32.6 Å². The molecule has 0 aromatic carbocycles. The minimum Gasteiger partial charge on any atom is -0.381 e. The highest BCUT2D eigenvalue weighted by Gasteiger charge is 2.19. The SMILES string of the molecule is CCCC(CN)N(C)CC1CCCOC1. The Morgan fingerprint density at radius 3 is 2.87 bits per heavy atom. The van der Waals surface area contributed by atoms with E-state index < -0.39 is 0 Å². The van der Waals surface area contributed by atoms with Gasteiger partial charge >= 0.3 is 0 Å². The van der Waals surface area contributed by atoms with Crippen molar-refractivity contribution >= 4 is 0 Å². The van der Waals surface area contributed by atoms with Gasteiger partial charge in [0.05, 0.1) is 6.61 Å². The first-order valence-corrected chi connectivity index (χ1v) is 6.26. The van der Waals surface area contributed by atoms with Crippen LogP contribution in [-0.4, -0.2) is 44.3 Å². The van der Waals surface area contributed by atoms with Crippen molar-refractivity contribution in [3.05, 3.63) is 0 Å². The van der Waals surface area contributed by atoms with Gasteiger partial charge in [-0.2, -0.15) is 0 Å². The third-order valence-electron chi connectivity index (χ3n) is 3.32. The average molecular weight is 214 g/mol. The first kappa shape index (κ1) is 12.9. The van der Waals surface area contributed by atoms with Crippen LogP contribution in [0, 0.1) is 5.92 Å². The molecule has 0 aliphatic carbocycles. The molecule has 15 heavy (non-hydrogen) atoms. The Kier molecular flexibility index (Phi) is 6.22. The van der Waals surface area contributed by atoms with Gasteiger partial charge in [-0.05, 0) is 32.2 Å². The first-order valence-electron chi connectivity index (χ1n) is 6.26. The first-order chi connectivity index (χ1) is 7.27. The Morgan fingerprint density at radius 1 is 1.53 bits per heavy atom. The van der Waals surface area contributed by atoms with Crippen LogP contribution in [0.2, 0.25) is 0 Å². The summed E-state index contributed by atoms with van der Waals surface area (Å²) in [5, 5.41) is 0. The number of hydrogen-bond acceptors (Lipinski definition) is 3. The van der Waals surface area contributed by atoms with Crippen LogP contribution in [-0.2, 0) is 4.74 Å². The molecule has 90 valence electrons. The van der Waals surface area contributed by atoms with Crippen molar-refractivity contribution in [1.29, 1.82) is 0 Å². The number of likely N-dealkylation sites (N-methyl/N-ethyl adjacent to an activating group) is 1. The molecule has 1 aliphatic rings. The zero-order chi connectivity index (χ0) is 11.1. The molecular weight excluding hydrogens is 188 g/mol. The van der Waals surface area contributed by atoms with Crippen LogP contribution >= 0.6 is 0 Å².